The molecule has 1 aromatic heterocycles. The maximum absolute atomic E-state index is 10.2. The van der Waals surface area contributed by atoms with Gasteiger partial charge in [-0.2, -0.15) is 0 Å². The van der Waals surface area contributed by atoms with Crippen LogP contribution in [0.15, 0.2) is 19.0 Å². The fourth-order valence-corrected chi connectivity index (χ4v) is 0.608. The van der Waals surface area contributed by atoms with Crippen molar-refractivity contribution in [1.29, 1.82) is 0 Å². The molecule has 0 radical (unpaired) electrons. The second kappa shape index (κ2) is 2.87. The molecule has 0 N–H and O–H groups in total. The molecule has 0 atom stereocenters. The van der Waals surface area contributed by atoms with Crippen LogP contribution in [0, 0.1) is 0 Å². The smallest absolute Gasteiger partial charge is 0.170 e. The summed E-state index contributed by atoms with van der Waals surface area (Å²) in [6, 6.07) is 0. The first-order valence-corrected chi connectivity index (χ1v) is 2.77. The zero-order valence-electron chi connectivity index (χ0n) is 5.32. The standard InChI is InChI=1S/C7H6N2O/c1-2-6-7(5-10)9-4-3-8-6/h2-5H,1H2. The van der Waals surface area contributed by atoms with Crippen LogP contribution in [0.5, 0.6) is 0 Å². The highest BCUT2D eigenvalue weighted by Crippen LogP contribution is 1.98. The minimum Gasteiger partial charge on any atom is -0.296 e. The van der Waals surface area contributed by atoms with E-state index in [1.807, 2.05) is 0 Å². The van der Waals surface area contributed by atoms with Gasteiger partial charge in [-0.05, 0) is 6.08 Å². The van der Waals surface area contributed by atoms with Gasteiger partial charge in [0.1, 0.15) is 5.69 Å². The van der Waals surface area contributed by atoms with Gasteiger partial charge < -0.3 is 0 Å². The Balaban J connectivity index is 3.20. The summed E-state index contributed by atoms with van der Waals surface area (Å²) < 4.78 is 0. The molecule has 0 unspecified atom stereocenters. The van der Waals surface area contributed by atoms with E-state index in [2.05, 4.69) is 16.5 Å². The number of aromatic nitrogens is 2. The molecule has 50 valence electrons. The summed E-state index contributed by atoms with van der Waals surface area (Å²) >= 11 is 0. The molecule has 0 saturated carbocycles. The third-order valence-electron chi connectivity index (χ3n) is 1.06. The summed E-state index contributed by atoms with van der Waals surface area (Å²) in [4.78, 5) is 17.9. The van der Waals surface area contributed by atoms with E-state index < -0.39 is 0 Å². The molecular weight excluding hydrogens is 128 g/mol. The van der Waals surface area contributed by atoms with E-state index in [4.69, 9.17) is 0 Å². The molecule has 0 spiro atoms. The minimum atomic E-state index is 0.331. The van der Waals surface area contributed by atoms with Crippen molar-refractivity contribution in [3.05, 3.63) is 30.4 Å². The Bertz CT molecular complexity index is 231. The lowest BCUT2D eigenvalue weighted by Crippen LogP contribution is -1.92. The maximum Gasteiger partial charge on any atom is 0.170 e. The van der Waals surface area contributed by atoms with Crippen molar-refractivity contribution in [2.75, 3.05) is 0 Å². The fraction of sp³-hybridized carbons (Fsp3) is 0. The van der Waals surface area contributed by atoms with E-state index in [0.717, 1.165) is 0 Å². The van der Waals surface area contributed by atoms with Crippen LogP contribution in [-0.2, 0) is 0 Å². The van der Waals surface area contributed by atoms with Crippen molar-refractivity contribution < 1.29 is 4.79 Å². The van der Waals surface area contributed by atoms with Crippen LogP contribution in [0.3, 0.4) is 0 Å². The van der Waals surface area contributed by atoms with E-state index in [1.54, 1.807) is 0 Å². The van der Waals surface area contributed by atoms with E-state index in [9.17, 15) is 4.79 Å². The van der Waals surface area contributed by atoms with Crippen molar-refractivity contribution >= 4 is 12.4 Å². The third kappa shape index (κ3) is 1.07. The highest BCUT2D eigenvalue weighted by Gasteiger charge is 1.96. The fourth-order valence-electron chi connectivity index (χ4n) is 0.608. The van der Waals surface area contributed by atoms with Crippen molar-refractivity contribution in [3.8, 4) is 0 Å². The Hall–Kier alpha value is -1.51. The van der Waals surface area contributed by atoms with Crippen LogP contribution >= 0.6 is 0 Å². The third-order valence-corrected chi connectivity index (χ3v) is 1.06. The molecule has 0 aliphatic heterocycles. The van der Waals surface area contributed by atoms with Gasteiger partial charge in [-0.1, -0.05) is 6.58 Å². The number of carbonyl (C=O) groups excluding carboxylic acids is 1. The van der Waals surface area contributed by atoms with Gasteiger partial charge in [-0.25, -0.2) is 4.98 Å². The summed E-state index contributed by atoms with van der Waals surface area (Å²) in [6.45, 7) is 3.48. The van der Waals surface area contributed by atoms with E-state index in [1.165, 1.54) is 18.5 Å². The van der Waals surface area contributed by atoms with Crippen LogP contribution in [0.1, 0.15) is 16.2 Å². The van der Waals surface area contributed by atoms with Gasteiger partial charge in [0.25, 0.3) is 0 Å². The number of carbonyl (C=O) groups is 1. The van der Waals surface area contributed by atoms with Crippen LogP contribution in [-0.4, -0.2) is 16.3 Å². The molecule has 3 heteroatoms. The quantitative estimate of drug-likeness (QED) is 0.565. The van der Waals surface area contributed by atoms with Crippen molar-refractivity contribution in [1.82, 2.24) is 9.97 Å². The Morgan fingerprint density at radius 3 is 2.30 bits per heavy atom. The Morgan fingerprint density at radius 2 is 1.90 bits per heavy atom. The van der Waals surface area contributed by atoms with Gasteiger partial charge in [0.2, 0.25) is 0 Å². The molecule has 3 nitrogen and oxygen atoms in total. The van der Waals surface area contributed by atoms with Crippen molar-refractivity contribution in [2.45, 2.75) is 0 Å². The molecule has 0 aliphatic rings. The summed E-state index contributed by atoms with van der Waals surface area (Å²) in [6.07, 6.45) is 5.14. The van der Waals surface area contributed by atoms with E-state index in [0.29, 0.717) is 17.7 Å². The predicted molar refractivity (Wildman–Crippen MR) is 37.5 cm³/mol. The second-order valence-corrected chi connectivity index (χ2v) is 1.65. The number of aldehydes is 1. The molecular formula is C7H6N2O. The molecule has 0 saturated heterocycles. The van der Waals surface area contributed by atoms with E-state index in [-0.39, 0.29) is 0 Å². The second-order valence-electron chi connectivity index (χ2n) is 1.65. The lowest BCUT2D eigenvalue weighted by Gasteiger charge is -1.92. The molecule has 0 amide bonds. The topological polar surface area (TPSA) is 42.9 Å². The van der Waals surface area contributed by atoms with Gasteiger partial charge in [-0.15, -0.1) is 0 Å². The first kappa shape index (κ1) is 6.61. The van der Waals surface area contributed by atoms with Gasteiger partial charge in [0, 0.05) is 12.4 Å². The zero-order chi connectivity index (χ0) is 7.40. The highest BCUT2D eigenvalue weighted by molar-refractivity contribution is 5.77. The summed E-state index contributed by atoms with van der Waals surface area (Å²) in [5.74, 6) is 0. The van der Waals surface area contributed by atoms with E-state index >= 15 is 0 Å². The minimum absolute atomic E-state index is 0.331. The SMILES string of the molecule is C=Cc1nccnc1C=O. The van der Waals surface area contributed by atoms with Gasteiger partial charge in [0.15, 0.2) is 6.29 Å². The van der Waals surface area contributed by atoms with Crippen molar-refractivity contribution in [2.24, 2.45) is 0 Å². The molecule has 1 aromatic rings. The number of hydrogen-bond donors (Lipinski definition) is 0. The Kier molecular flexibility index (Phi) is 1.89. The first-order chi connectivity index (χ1) is 4.88. The number of rotatable bonds is 2. The van der Waals surface area contributed by atoms with Crippen LogP contribution in [0.25, 0.3) is 6.08 Å². The Labute approximate surface area is 58.4 Å². The first-order valence-electron chi connectivity index (χ1n) is 2.77. The molecule has 1 heterocycles. The van der Waals surface area contributed by atoms with Crippen LogP contribution < -0.4 is 0 Å². The number of hydrogen-bond acceptors (Lipinski definition) is 3. The molecule has 0 aliphatic carbocycles. The summed E-state index contributed by atoms with van der Waals surface area (Å²) in [7, 11) is 0. The van der Waals surface area contributed by atoms with Crippen LogP contribution in [0.2, 0.25) is 0 Å². The monoisotopic (exact) mass is 134 g/mol. The largest absolute Gasteiger partial charge is 0.296 e. The van der Waals surface area contributed by atoms with Gasteiger partial charge in [-0.3, -0.25) is 9.78 Å². The lowest BCUT2D eigenvalue weighted by atomic mass is 10.3. The van der Waals surface area contributed by atoms with Gasteiger partial charge in [0.05, 0.1) is 5.69 Å². The lowest BCUT2D eigenvalue weighted by molar-refractivity contribution is 0.111. The summed E-state index contributed by atoms with van der Waals surface area (Å²) in [5, 5.41) is 0. The Morgan fingerprint density at radius 1 is 1.30 bits per heavy atom. The van der Waals surface area contributed by atoms with Crippen molar-refractivity contribution in [3.63, 3.8) is 0 Å². The predicted octanol–water partition coefficient (Wildman–Crippen LogP) is 0.932. The molecule has 10 heavy (non-hydrogen) atoms. The highest BCUT2D eigenvalue weighted by atomic mass is 16.1. The molecule has 0 fully saturated rings. The average molecular weight is 134 g/mol. The number of nitrogens with zero attached hydrogens (tertiary/aromatic N) is 2. The van der Waals surface area contributed by atoms with Crippen LogP contribution in [0.4, 0.5) is 0 Å². The zero-order valence-corrected chi connectivity index (χ0v) is 5.32. The maximum atomic E-state index is 10.2. The average Bonchev–Trinajstić information content (AvgIpc) is 2.04. The molecule has 0 aromatic carbocycles. The summed E-state index contributed by atoms with van der Waals surface area (Å²) in [5.41, 5.74) is 0.856. The molecule has 0 bridgehead atoms. The van der Waals surface area contributed by atoms with Gasteiger partial charge >= 0.3 is 0 Å². The normalized spacial score (nSPS) is 8.80. The molecule has 1 rings (SSSR count).